The fourth-order valence-corrected chi connectivity index (χ4v) is 3.59. The monoisotopic (exact) mass is 399 g/mol. The molecule has 0 bridgehead atoms. The van der Waals surface area contributed by atoms with Crippen LogP contribution in [0.2, 0.25) is 5.15 Å². The quantitative estimate of drug-likeness (QED) is 0.393. The van der Waals surface area contributed by atoms with Crippen molar-refractivity contribution in [1.29, 1.82) is 0 Å². The van der Waals surface area contributed by atoms with Gasteiger partial charge in [-0.05, 0) is 54.6 Å². The summed E-state index contributed by atoms with van der Waals surface area (Å²) in [5, 5.41) is 0.840. The Hall–Kier alpha value is -2.57. The Balaban J connectivity index is 1.90. The van der Waals surface area contributed by atoms with E-state index in [1.54, 1.807) is 29.3 Å². The van der Waals surface area contributed by atoms with E-state index in [0.29, 0.717) is 34.1 Å². The number of amides is 1. The zero-order chi connectivity index (χ0) is 19.2. The number of rotatable bonds is 6. The molecule has 1 aliphatic heterocycles. The van der Waals surface area contributed by atoms with E-state index in [2.05, 4.69) is 16.6 Å². The largest absolute Gasteiger partial charge is 0.494 e. The van der Waals surface area contributed by atoms with Gasteiger partial charge in [0.1, 0.15) is 11.4 Å². The van der Waals surface area contributed by atoms with Gasteiger partial charge in [-0.25, -0.2) is 9.98 Å². The molecule has 0 radical (unpaired) electrons. The highest BCUT2D eigenvalue weighted by atomic mass is 35.5. The molecule has 0 unspecified atom stereocenters. The van der Waals surface area contributed by atoms with Gasteiger partial charge in [0.2, 0.25) is 0 Å². The van der Waals surface area contributed by atoms with Gasteiger partial charge in [0.25, 0.3) is 5.91 Å². The Bertz CT molecular complexity index is 910. The summed E-state index contributed by atoms with van der Waals surface area (Å²) < 4.78 is 5.45. The summed E-state index contributed by atoms with van der Waals surface area (Å²) in [6.45, 7) is 6.64. The molecule has 0 spiro atoms. The number of aliphatic imine (C=N–C) groups is 1. The number of pyridine rings is 1. The molecule has 1 saturated heterocycles. The molecule has 3 rings (SSSR count). The van der Waals surface area contributed by atoms with E-state index in [1.807, 2.05) is 37.3 Å². The summed E-state index contributed by atoms with van der Waals surface area (Å²) in [6.07, 6.45) is 5.10. The molecule has 2 heterocycles. The lowest BCUT2D eigenvalue weighted by molar-refractivity contribution is -0.121. The van der Waals surface area contributed by atoms with Gasteiger partial charge in [-0.3, -0.25) is 9.69 Å². The first-order valence-electron chi connectivity index (χ1n) is 8.36. The summed E-state index contributed by atoms with van der Waals surface area (Å²) in [5.74, 6) is 0.680. The molecule has 1 aromatic heterocycles. The maximum absolute atomic E-state index is 12.8. The molecule has 5 nitrogen and oxygen atoms in total. The topological polar surface area (TPSA) is 54.8 Å². The molecule has 27 heavy (non-hydrogen) atoms. The highest BCUT2D eigenvalue weighted by Crippen LogP contribution is 2.35. The molecule has 1 aliphatic rings. The molecular weight excluding hydrogens is 382 g/mol. The average molecular weight is 400 g/mol. The van der Waals surface area contributed by atoms with Crippen molar-refractivity contribution in [2.75, 3.05) is 13.2 Å². The van der Waals surface area contributed by atoms with Crippen LogP contribution in [0, 0.1) is 0 Å². The Kier molecular flexibility index (Phi) is 6.32. The van der Waals surface area contributed by atoms with Crippen molar-refractivity contribution >= 4 is 46.2 Å². The van der Waals surface area contributed by atoms with E-state index in [9.17, 15) is 4.79 Å². The van der Waals surface area contributed by atoms with E-state index in [-0.39, 0.29) is 5.91 Å². The maximum atomic E-state index is 12.8. The van der Waals surface area contributed by atoms with E-state index < -0.39 is 0 Å². The number of amidine groups is 1. The molecule has 7 heteroatoms. The van der Waals surface area contributed by atoms with Gasteiger partial charge in [-0.2, -0.15) is 0 Å². The van der Waals surface area contributed by atoms with Gasteiger partial charge in [-0.15, -0.1) is 6.58 Å². The molecule has 138 valence electrons. The number of ether oxygens (including phenoxy) is 1. The van der Waals surface area contributed by atoms with E-state index in [0.717, 1.165) is 11.3 Å². The van der Waals surface area contributed by atoms with Crippen molar-refractivity contribution in [2.24, 2.45) is 4.99 Å². The molecule has 1 aromatic carbocycles. The summed E-state index contributed by atoms with van der Waals surface area (Å²) in [4.78, 5) is 23.5. The first-order valence-corrected chi connectivity index (χ1v) is 9.56. The first kappa shape index (κ1) is 19.2. The van der Waals surface area contributed by atoms with Gasteiger partial charge in [0.05, 0.1) is 11.5 Å². The van der Waals surface area contributed by atoms with Gasteiger partial charge in [0.15, 0.2) is 10.3 Å². The van der Waals surface area contributed by atoms with Crippen LogP contribution in [-0.2, 0) is 4.79 Å². The van der Waals surface area contributed by atoms with Gasteiger partial charge >= 0.3 is 0 Å². The summed E-state index contributed by atoms with van der Waals surface area (Å²) in [6, 6.07) is 11.1. The van der Waals surface area contributed by atoms with Crippen molar-refractivity contribution in [3.8, 4) is 5.75 Å². The molecule has 0 N–H and O–H groups in total. The second-order valence-corrected chi connectivity index (χ2v) is 6.89. The van der Waals surface area contributed by atoms with Crippen molar-refractivity contribution in [3.05, 3.63) is 70.9 Å². The third-order valence-electron chi connectivity index (χ3n) is 3.64. The highest BCUT2D eigenvalue weighted by molar-refractivity contribution is 8.18. The lowest BCUT2D eigenvalue weighted by atomic mass is 10.2. The van der Waals surface area contributed by atoms with Gasteiger partial charge in [-0.1, -0.05) is 29.8 Å². The molecule has 1 amide bonds. The minimum atomic E-state index is -0.118. The lowest BCUT2D eigenvalue weighted by Crippen LogP contribution is -2.29. The SMILES string of the molecule is C=CCN1C(=O)/C(=C/c2ccc(OCC)cc2)SC1=Nc1cccnc1Cl. The number of thioether (sulfide) groups is 1. The molecule has 0 atom stereocenters. The van der Waals surface area contributed by atoms with E-state index in [1.165, 1.54) is 11.8 Å². The van der Waals surface area contributed by atoms with Crippen LogP contribution in [0.15, 0.2) is 65.1 Å². The van der Waals surface area contributed by atoms with Crippen LogP contribution in [-0.4, -0.2) is 34.1 Å². The minimum absolute atomic E-state index is 0.118. The van der Waals surface area contributed by atoms with Crippen LogP contribution in [0.3, 0.4) is 0 Å². The number of hydrogen-bond acceptors (Lipinski definition) is 5. The Morgan fingerprint density at radius 2 is 2.11 bits per heavy atom. The normalized spacial score (nSPS) is 17.0. The maximum Gasteiger partial charge on any atom is 0.267 e. The van der Waals surface area contributed by atoms with Crippen LogP contribution in [0.25, 0.3) is 6.08 Å². The molecule has 1 fully saturated rings. The standard InChI is InChI=1S/C20H18ClN3O2S/c1-3-12-24-19(25)17(13-14-7-9-15(10-8-14)26-4-2)27-20(24)23-16-6-5-11-22-18(16)21/h3,5-11,13H,1,4,12H2,2H3/b17-13-,23-20?. The van der Waals surface area contributed by atoms with Crippen LogP contribution in [0.1, 0.15) is 12.5 Å². The fraction of sp³-hybridized carbons (Fsp3) is 0.150. The number of hydrogen-bond donors (Lipinski definition) is 0. The number of aromatic nitrogens is 1. The summed E-state index contributed by atoms with van der Waals surface area (Å²) in [5.41, 5.74) is 1.43. The number of carbonyl (C=O) groups excluding carboxylic acids is 1. The molecular formula is C20H18ClN3O2S. The second kappa shape index (κ2) is 8.88. The van der Waals surface area contributed by atoms with Crippen molar-refractivity contribution in [3.63, 3.8) is 0 Å². The Labute approximate surface area is 167 Å². The summed E-state index contributed by atoms with van der Waals surface area (Å²) in [7, 11) is 0. The molecule has 2 aromatic rings. The number of benzene rings is 1. The van der Waals surface area contributed by atoms with Gasteiger partial charge in [0, 0.05) is 12.7 Å². The van der Waals surface area contributed by atoms with Crippen molar-refractivity contribution < 1.29 is 9.53 Å². The zero-order valence-corrected chi connectivity index (χ0v) is 16.3. The molecule has 0 aliphatic carbocycles. The zero-order valence-electron chi connectivity index (χ0n) is 14.8. The van der Waals surface area contributed by atoms with Crippen LogP contribution >= 0.6 is 23.4 Å². The lowest BCUT2D eigenvalue weighted by Gasteiger charge is -2.12. The number of nitrogens with zero attached hydrogens (tertiary/aromatic N) is 3. The Morgan fingerprint density at radius 1 is 1.33 bits per heavy atom. The third kappa shape index (κ3) is 4.59. The van der Waals surface area contributed by atoms with E-state index >= 15 is 0 Å². The highest BCUT2D eigenvalue weighted by Gasteiger charge is 2.32. The fourth-order valence-electron chi connectivity index (χ4n) is 2.42. The predicted octanol–water partition coefficient (Wildman–Crippen LogP) is 4.92. The van der Waals surface area contributed by atoms with Gasteiger partial charge < -0.3 is 4.74 Å². The smallest absolute Gasteiger partial charge is 0.267 e. The second-order valence-electron chi connectivity index (χ2n) is 5.52. The van der Waals surface area contributed by atoms with Crippen LogP contribution < -0.4 is 4.74 Å². The van der Waals surface area contributed by atoms with Crippen LogP contribution in [0.5, 0.6) is 5.75 Å². The average Bonchev–Trinajstić information content (AvgIpc) is 2.95. The van der Waals surface area contributed by atoms with Crippen molar-refractivity contribution in [1.82, 2.24) is 9.88 Å². The first-order chi connectivity index (χ1) is 13.1. The number of halogens is 1. The predicted molar refractivity (Wildman–Crippen MR) is 111 cm³/mol. The molecule has 0 saturated carbocycles. The van der Waals surface area contributed by atoms with E-state index in [4.69, 9.17) is 16.3 Å². The minimum Gasteiger partial charge on any atom is -0.494 e. The van der Waals surface area contributed by atoms with Crippen molar-refractivity contribution in [2.45, 2.75) is 6.92 Å². The summed E-state index contributed by atoms with van der Waals surface area (Å²) >= 11 is 7.39. The van der Waals surface area contributed by atoms with Crippen LogP contribution in [0.4, 0.5) is 5.69 Å². The number of carbonyl (C=O) groups is 1. The third-order valence-corrected chi connectivity index (χ3v) is 4.94. The Morgan fingerprint density at radius 3 is 2.78 bits per heavy atom.